The SMILES string of the molecule is CNCNCCCC(N)C(=O)NC(CC(C)C)C(=O)NC(CC(C)C)C(=O)NC(CO)C(N)=O. The van der Waals surface area contributed by atoms with Crippen molar-refractivity contribution in [3.63, 3.8) is 0 Å². The van der Waals surface area contributed by atoms with Crippen LogP contribution >= 0.6 is 0 Å². The van der Waals surface area contributed by atoms with Gasteiger partial charge in [0.15, 0.2) is 0 Å². The molecule has 4 amide bonds. The zero-order valence-corrected chi connectivity index (χ0v) is 21.1. The summed E-state index contributed by atoms with van der Waals surface area (Å²) in [6.45, 7) is 8.28. The molecule has 0 fully saturated rings. The molecule has 0 aromatic carbocycles. The predicted octanol–water partition coefficient (Wildman–Crippen LogP) is -2.12. The third kappa shape index (κ3) is 13.4. The Balaban J connectivity index is 5.22. The summed E-state index contributed by atoms with van der Waals surface area (Å²) in [5.41, 5.74) is 11.2. The largest absolute Gasteiger partial charge is 0.394 e. The van der Waals surface area contributed by atoms with Crippen LogP contribution in [-0.4, -0.2) is 79.8 Å². The Morgan fingerprint density at radius 3 is 1.71 bits per heavy atom. The van der Waals surface area contributed by atoms with Crippen molar-refractivity contribution in [2.75, 3.05) is 26.9 Å². The number of hydrogen-bond donors (Lipinski definition) is 8. The number of carbonyl (C=O) groups excluding carboxylic acids is 4. The Kier molecular flexibility index (Phi) is 16.0. The first-order chi connectivity index (χ1) is 15.9. The van der Waals surface area contributed by atoms with Gasteiger partial charge in [-0.05, 0) is 51.1 Å². The fraction of sp³-hybridized carbons (Fsp3) is 0.818. The van der Waals surface area contributed by atoms with Crippen LogP contribution < -0.4 is 38.1 Å². The summed E-state index contributed by atoms with van der Waals surface area (Å²) in [4.78, 5) is 49.7. The van der Waals surface area contributed by atoms with Gasteiger partial charge >= 0.3 is 0 Å². The Hall–Kier alpha value is -2.28. The highest BCUT2D eigenvalue weighted by Crippen LogP contribution is 2.10. The van der Waals surface area contributed by atoms with Gasteiger partial charge in [-0.25, -0.2) is 0 Å². The van der Waals surface area contributed by atoms with Crippen LogP contribution in [-0.2, 0) is 19.2 Å². The lowest BCUT2D eigenvalue weighted by Gasteiger charge is -2.26. The molecule has 4 atom stereocenters. The summed E-state index contributed by atoms with van der Waals surface area (Å²) in [6.07, 6.45) is 1.78. The van der Waals surface area contributed by atoms with E-state index in [1.165, 1.54) is 0 Å². The fourth-order valence-electron chi connectivity index (χ4n) is 3.23. The molecular formula is C22H45N7O5. The molecule has 0 aromatic heterocycles. The number of aliphatic hydroxyl groups is 1. The minimum atomic E-state index is -1.26. The molecule has 198 valence electrons. The van der Waals surface area contributed by atoms with E-state index in [1.54, 1.807) is 0 Å². The summed E-state index contributed by atoms with van der Waals surface area (Å²) in [6, 6.07) is -3.88. The van der Waals surface area contributed by atoms with Crippen LogP contribution in [0.5, 0.6) is 0 Å². The zero-order valence-electron chi connectivity index (χ0n) is 21.1. The Morgan fingerprint density at radius 1 is 0.824 bits per heavy atom. The first kappa shape index (κ1) is 31.7. The van der Waals surface area contributed by atoms with Gasteiger partial charge < -0.3 is 43.2 Å². The van der Waals surface area contributed by atoms with Gasteiger partial charge in [0.2, 0.25) is 23.6 Å². The van der Waals surface area contributed by atoms with Crippen molar-refractivity contribution < 1.29 is 24.3 Å². The van der Waals surface area contributed by atoms with Gasteiger partial charge in [-0.2, -0.15) is 0 Å². The maximum atomic E-state index is 13.1. The molecule has 0 radical (unpaired) electrons. The van der Waals surface area contributed by atoms with E-state index in [1.807, 2.05) is 34.7 Å². The van der Waals surface area contributed by atoms with E-state index in [2.05, 4.69) is 26.6 Å². The predicted molar refractivity (Wildman–Crippen MR) is 130 cm³/mol. The van der Waals surface area contributed by atoms with Crippen molar-refractivity contribution in [1.29, 1.82) is 0 Å². The molecule has 0 spiro atoms. The molecule has 0 aliphatic carbocycles. The van der Waals surface area contributed by atoms with E-state index in [-0.39, 0.29) is 18.3 Å². The van der Waals surface area contributed by atoms with Crippen molar-refractivity contribution in [3.05, 3.63) is 0 Å². The quantitative estimate of drug-likeness (QED) is 0.0792. The lowest BCUT2D eigenvalue weighted by atomic mass is 9.99. The molecule has 0 aliphatic heterocycles. The van der Waals surface area contributed by atoms with Crippen molar-refractivity contribution >= 4 is 23.6 Å². The number of rotatable bonds is 18. The van der Waals surface area contributed by atoms with E-state index in [9.17, 15) is 24.3 Å². The average molecular weight is 488 g/mol. The summed E-state index contributed by atoms with van der Waals surface area (Å²) in [5.74, 6) is -2.35. The fourth-order valence-corrected chi connectivity index (χ4v) is 3.23. The minimum Gasteiger partial charge on any atom is -0.394 e. The minimum absolute atomic E-state index is 0.0419. The van der Waals surface area contributed by atoms with Crippen molar-refractivity contribution in [2.24, 2.45) is 23.3 Å². The molecule has 0 bridgehead atoms. The normalized spacial score (nSPS) is 14.9. The standard InChI is InChI=1S/C22H45N7O5/c1-13(2)9-16(27-20(32)15(23)7-6-8-26-12-25-5)21(33)28-17(10-14(3)4)22(34)29-18(11-30)19(24)31/h13-18,25-26,30H,6-12,23H2,1-5H3,(H2,24,31)(H,27,32)(H,28,33)(H,29,34). The van der Waals surface area contributed by atoms with Gasteiger partial charge in [-0.15, -0.1) is 0 Å². The smallest absolute Gasteiger partial charge is 0.243 e. The zero-order chi connectivity index (χ0) is 26.3. The van der Waals surface area contributed by atoms with Gasteiger partial charge in [-0.3, -0.25) is 19.2 Å². The molecule has 0 aliphatic rings. The molecular weight excluding hydrogens is 442 g/mol. The van der Waals surface area contributed by atoms with Crippen molar-refractivity contribution in [3.8, 4) is 0 Å². The average Bonchev–Trinajstić information content (AvgIpc) is 2.74. The number of primary amides is 1. The maximum absolute atomic E-state index is 13.1. The number of aliphatic hydroxyl groups excluding tert-OH is 1. The van der Waals surface area contributed by atoms with E-state index < -0.39 is 54.4 Å². The summed E-state index contributed by atoms with van der Waals surface area (Å²) in [5, 5.41) is 23.1. The highest BCUT2D eigenvalue weighted by Gasteiger charge is 2.30. The highest BCUT2D eigenvalue weighted by molar-refractivity contribution is 5.94. The van der Waals surface area contributed by atoms with E-state index in [0.717, 1.165) is 0 Å². The molecule has 0 heterocycles. The van der Waals surface area contributed by atoms with E-state index in [4.69, 9.17) is 11.5 Å². The van der Waals surface area contributed by atoms with Gasteiger partial charge in [0.05, 0.1) is 12.6 Å². The Labute approximate surface area is 202 Å². The Bertz CT molecular complexity index is 645. The van der Waals surface area contributed by atoms with Crippen LogP contribution in [0, 0.1) is 11.8 Å². The first-order valence-corrected chi connectivity index (χ1v) is 11.8. The molecule has 0 saturated carbocycles. The lowest BCUT2D eigenvalue weighted by Crippen LogP contribution is -2.58. The first-order valence-electron chi connectivity index (χ1n) is 11.8. The molecule has 10 N–H and O–H groups in total. The van der Waals surface area contributed by atoms with Crippen LogP contribution in [0.1, 0.15) is 53.4 Å². The number of hydrogen-bond acceptors (Lipinski definition) is 8. The van der Waals surface area contributed by atoms with Gasteiger partial charge in [0, 0.05) is 6.67 Å². The second-order valence-electron chi connectivity index (χ2n) is 9.31. The van der Waals surface area contributed by atoms with Crippen molar-refractivity contribution in [1.82, 2.24) is 26.6 Å². The second kappa shape index (κ2) is 17.2. The van der Waals surface area contributed by atoms with E-state index in [0.29, 0.717) is 32.5 Å². The third-order valence-electron chi connectivity index (χ3n) is 5.03. The summed E-state index contributed by atoms with van der Waals surface area (Å²) in [7, 11) is 1.82. The van der Waals surface area contributed by atoms with Crippen LogP contribution in [0.25, 0.3) is 0 Å². The van der Waals surface area contributed by atoms with Gasteiger partial charge in [-0.1, -0.05) is 27.7 Å². The number of nitrogens with two attached hydrogens (primary N) is 2. The highest BCUT2D eigenvalue weighted by atomic mass is 16.3. The van der Waals surface area contributed by atoms with Crippen LogP contribution in [0.3, 0.4) is 0 Å². The molecule has 4 unspecified atom stereocenters. The van der Waals surface area contributed by atoms with Gasteiger partial charge in [0.25, 0.3) is 0 Å². The number of amides is 4. The lowest BCUT2D eigenvalue weighted by molar-refractivity contribution is -0.134. The molecule has 34 heavy (non-hydrogen) atoms. The summed E-state index contributed by atoms with van der Waals surface area (Å²) >= 11 is 0. The topological polar surface area (TPSA) is 201 Å². The summed E-state index contributed by atoms with van der Waals surface area (Å²) < 4.78 is 0. The molecule has 12 nitrogen and oxygen atoms in total. The van der Waals surface area contributed by atoms with E-state index >= 15 is 0 Å². The maximum Gasteiger partial charge on any atom is 0.243 e. The number of carbonyl (C=O) groups is 4. The molecule has 0 rings (SSSR count). The van der Waals surface area contributed by atoms with Crippen LogP contribution in [0.4, 0.5) is 0 Å². The van der Waals surface area contributed by atoms with Crippen LogP contribution in [0.15, 0.2) is 0 Å². The van der Waals surface area contributed by atoms with Gasteiger partial charge in [0.1, 0.15) is 18.1 Å². The molecule has 0 saturated heterocycles. The third-order valence-corrected chi connectivity index (χ3v) is 5.03. The molecule has 12 heteroatoms. The monoisotopic (exact) mass is 487 g/mol. The Morgan fingerprint density at radius 2 is 1.29 bits per heavy atom. The number of nitrogens with one attached hydrogen (secondary N) is 5. The second-order valence-corrected chi connectivity index (χ2v) is 9.31. The van der Waals surface area contributed by atoms with Crippen LogP contribution in [0.2, 0.25) is 0 Å². The molecule has 0 aromatic rings. The van der Waals surface area contributed by atoms with Crippen molar-refractivity contribution in [2.45, 2.75) is 77.5 Å².